The zero-order valence-electron chi connectivity index (χ0n) is 10.9. The van der Waals surface area contributed by atoms with Crippen LogP contribution in [0.3, 0.4) is 0 Å². The van der Waals surface area contributed by atoms with Gasteiger partial charge in [0, 0.05) is 30.8 Å². The van der Waals surface area contributed by atoms with E-state index in [1.54, 1.807) is 11.9 Å². The molecule has 0 saturated carbocycles. The summed E-state index contributed by atoms with van der Waals surface area (Å²) in [5, 5.41) is 3.38. The zero-order valence-corrected chi connectivity index (χ0v) is 10.9. The monoisotopic (exact) mass is 246 g/mol. The predicted molar refractivity (Wildman–Crippen MR) is 68.7 cm³/mol. The maximum absolute atomic E-state index is 11.7. The fourth-order valence-electron chi connectivity index (χ4n) is 2.73. The molecule has 0 aromatic carbocycles. The molecule has 1 N–H and O–H groups in total. The van der Waals surface area contributed by atoms with Gasteiger partial charge in [-0.05, 0) is 26.3 Å². The first-order valence-corrected chi connectivity index (χ1v) is 6.51. The summed E-state index contributed by atoms with van der Waals surface area (Å²) < 4.78 is 0. The number of nitrogens with one attached hydrogen (secondary N) is 1. The number of fused-ring (bicyclic) bond motifs is 1. The molecule has 0 radical (unpaired) electrons. The molecule has 2 aliphatic heterocycles. The number of anilines is 1. The van der Waals surface area contributed by atoms with Crippen LogP contribution in [0.4, 0.5) is 5.82 Å². The fraction of sp³-hybridized carbons (Fsp3) is 0.615. The Balaban J connectivity index is 1.98. The van der Waals surface area contributed by atoms with Crippen LogP contribution in [0.2, 0.25) is 0 Å². The van der Waals surface area contributed by atoms with E-state index in [-0.39, 0.29) is 5.91 Å². The lowest BCUT2D eigenvalue weighted by Gasteiger charge is -2.22. The maximum atomic E-state index is 11.7. The quantitative estimate of drug-likeness (QED) is 0.795. The van der Waals surface area contributed by atoms with Crippen LogP contribution in [-0.4, -0.2) is 36.0 Å². The number of rotatable bonds is 1. The first-order chi connectivity index (χ1) is 8.66. The van der Waals surface area contributed by atoms with Crippen LogP contribution in [0.5, 0.6) is 0 Å². The van der Waals surface area contributed by atoms with Gasteiger partial charge in [-0.25, -0.2) is 9.97 Å². The van der Waals surface area contributed by atoms with Crippen molar-refractivity contribution in [3.8, 4) is 0 Å². The van der Waals surface area contributed by atoms with E-state index in [1.807, 2.05) is 6.92 Å². The van der Waals surface area contributed by atoms with E-state index in [2.05, 4.69) is 15.3 Å². The van der Waals surface area contributed by atoms with Gasteiger partial charge in [-0.1, -0.05) is 0 Å². The number of aromatic nitrogens is 2. The molecular weight excluding hydrogens is 228 g/mol. The largest absolute Gasteiger partial charge is 0.316 e. The number of hydrogen-bond acceptors (Lipinski definition) is 4. The summed E-state index contributed by atoms with van der Waals surface area (Å²) >= 11 is 0. The first kappa shape index (κ1) is 11.6. The van der Waals surface area contributed by atoms with E-state index >= 15 is 0 Å². The number of nitrogens with zero attached hydrogens (tertiary/aromatic N) is 3. The highest BCUT2D eigenvalue weighted by atomic mass is 16.2. The SMILES string of the molecule is Cc1nc(C2CCCNC2)nc2c1CC(=O)N2C. The summed E-state index contributed by atoms with van der Waals surface area (Å²) in [5.74, 6) is 2.20. The second kappa shape index (κ2) is 4.31. The van der Waals surface area contributed by atoms with E-state index in [0.717, 1.165) is 42.4 Å². The topological polar surface area (TPSA) is 58.1 Å². The number of hydrogen-bond donors (Lipinski definition) is 1. The van der Waals surface area contributed by atoms with E-state index in [1.165, 1.54) is 6.42 Å². The Hall–Kier alpha value is -1.49. The van der Waals surface area contributed by atoms with Gasteiger partial charge in [0.25, 0.3) is 0 Å². The van der Waals surface area contributed by atoms with Crippen molar-refractivity contribution in [2.45, 2.75) is 32.1 Å². The molecule has 0 spiro atoms. The van der Waals surface area contributed by atoms with Crippen molar-refractivity contribution in [3.63, 3.8) is 0 Å². The van der Waals surface area contributed by atoms with Crippen LogP contribution in [0.1, 0.15) is 35.8 Å². The van der Waals surface area contributed by atoms with Crippen LogP contribution < -0.4 is 10.2 Å². The van der Waals surface area contributed by atoms with E-state index in [0.29, 0.717) is 12.3 Å². The Labute approximate surface area is 107 Å². The summed E-state index contributed by atoms with van der Waals surface area (Å²) in [6, 6.07) is 0. The zero-order chi connectivity index (χ0) is 12.7. The molecule has 1 saturated heterocycles. The van der Waals surface area contributed by atoms with Gasteiger partial charge in [0.05, 0.1) is 6.42 Å². The Morgan fingerprint density at radius 2 is 2.22 bits per heavy atom. The van der Waals surface area contributed by atoms with Gasteiger partial charge >= 0.3 is 0 Å². The van der Waals surface area contributed by atoms with Gasteiger partial charge in [0.1, 0.15) is 11.6 Å². The van der Waals surface area contributed by atoms with Crippen molar-refractivity contribution >= 4 is 11.7 Å². The van der Waals surface area contributed by atoms with E-state index in [4.69, 9.17) is 0 Å². The number of likely N-dealkylation sites (N-methyl/N-ethyl adjacent to an activating group) is 1. The molecule has 1 fully saturated rings. The minimum Gasteiger partial charge on any atom is -0.316 e. The lowest BCUT2D eigenvalue weighted by atomic mass is 9.98. The van der Waals surface area contributed by atoms with Crippen LogP contribution in [-0.2, 0) is 11.2 Å². The Morgan fingerprint density at radius 3 is 2.94 bits per heavy atom. The summed E-state index contributed by atoms with van der Waals surface area (Å²) in [4.78, 5) is 22.6. The van der Waals surface area contributed by atoms with Crippen LogP contribution in [0, 0.1) is 6.92 Å². The molecule has 2 aliphatic rings. The van der Waals surface area contributed by atoms with Gasteiger partial charge in [-0.15, -0.1) is 0 Å². The van der Waals surface area contributed by atoms with Crippen molar-refractivity contribution in [3.05, 3.63) is 17.1 Å². The molecule has 5 nitrogen and oxygen atoms in total. The predicted octanol–water partition coefficient (Wildman–Crippen LogP) is 0.771. The molecule has 3 rings (SSSR count). The van der Waals surface area contributed by atoms with Crippen molar-refractivity contribution in [1.82, 2.24) is 15.3 Å². The molecule has 18 heavy (non-hydrogen) atoms. The molecule has 1 aromatic heterocycles. The molecule has 96 valence electrons. The van der Waals surface area contributed by atoms with Gasteiger partial charge in [-0.2, -0.15) is 0 Å². The summed E-state index contributed by atoms with van der Waals surface area (Å²) in [5.41, 5.74) is 1.95. The van der Waals surface area contributed by atoms with Crippen LogP contribution in [0.25, 0.3) is 0 Å². The minimum atomic E-state index is 0.112. The van der Waals surface area contributed by atoms with E-state index < -0.39 is 0 Å². The first-order valence-electron chi connectivity index (χ1n) is 6.51. The highest BCUT2D eigenvalue weighted by Crippen LogP contribution is 2.30. The number of piperidine rings is 1. The highest BCUT2D eigenvalue weighted by molar-refractivity contribution is 5.99. The Morgan fingerprint density at radius 1 is 1.39 bits per heavy atom. The molecule has 0 aliphatic carbocycles. The van der Waals surface area contributed by atoms with Crippen molar-refractivity contribution in [2.24, 2.45) is 0 Å². The lowest BCUT2D eigenvalue weighted by Crippen LogP contribution is -2.30. The third-order valence-electron chi connectivity index (χ3n) is 3.89. The van der Waals surface area contributed by atoms with Crippen molar-refractivity contribution in [1.29, 1.82) is 0 Å². The number of aryl methyl sites for hydroxylation is 1. The standard InChI is InChI=1S/C13H18N4O/c1-8-10-6-11(18)17(2)13(10)16-12(15-8)9-4-3-5-14-7-9/h9,14H,3-7H2,1-2H3. The lowest BCUT2D eigenvalue weighted by molar-refractivity contribution is -0.117. The van der Waals surface area contributed by atoms with Crippen molar-refractivity contribution < 1.29 is 4.79 Å². The number of carbonyl (C=O) groups excluding carboxylic acids is 1. The molecular formula is C13H18N4O. The normalized spacial score (nSPS) is 23.3. The summed E-state index contributed by atoms with van der Waals surface area (Å²) in [6.45, 7) is 4.00. The summed E-state index contributed by atoms with van der Waals surface area (Å²) in [7, 11) is 1.80. The third kappa shape index (κ3) is 1.79. The van der Waals surface area contributed by atoms with Crippen LogP contribution in [0.15, 0.2) is 0 Å². The molecule has 1 atom stereocenters. The molecule has 3 heterocycles. The average Bonchev–Trinajstić information content (AvgIpc) is 2.68. The fourth-order valence-corrected chi connectivity index (χ4v) is 2.73. The number of amides is 1. The Kier molecular flexibility index (Phi) is 2.78. The maximum Gasteiger partial charge on any atom is 0.232 e. The highest BCUT2D eigenvalue weighted by Gasteiger charge is 2.30. The second-order valence-corrected chi connectivity index (χ2v) is 5.14. The third-order valence-corrected chi connectivity index (χ3v) is 3.89. The molecule has 1 amide bonds. The van der Waals surface area contributed by atoms with Crippen LogP contribution >= 0.6 is 0 Å². The molecule has 5 heteroatoms. The Bertz CT molecular complexity index is 494. The van der Waals surface area contributed by atoms with Gasteiger partial charge in [0.15, 0.2) is 0 Å². The van der Waals surface area contributed by atoms with Gasteiger partial charge in [-0.3, -0.25) is 9.69 Å². The van der Waals surface area contributed by atoms with Gasteiger partial charge < -0.3 is 5.32 Å². The molecule has 1 unspecified atom stereocenters. The van der Waals surface area contributed by atoms with Crippen molar-refractivity contribution in [2.75, 3.05) is 25.0 Å². The molecule has 0 bridgehead atoms. The smallest absolute Gasteiger partial charge is 0.232 e. The molecule has 1 aromatic rings. The second-order valence-electron chi connectivity index (χ2n) is 5.14. The van der Waals surface area contributed by atoms with Gasteiger partial charge in [0.2, 0.25) is 5.91 Å². The van der Waals surface area contributed by atoms with E-state index in [9.17, 15) is 4.79 Å². The minimum absolute atomic E-state index is 0.112. The average molecular weight is 246 g/mol. The summed E-state index contributed by atoms with van der Waals surface area (Å²) in [6.07, 6.45) is 2.74. The number of carbonyl (C=O) groups is 1.